The van der Waals surface area contributed by atoms with E-state index in [-0.39, 0.29) is 12.3 Å². The van der Waals surface area contributed by atoms with E-state index in [4.69, 9.17) is 0 Å². The van der Waals surface area contributed by atoms with Crippen molar-refractivity contribution in [3.05, 3.63) is 29.8 Å². The maximum Gasteiger partial charge on any atom is 0.315 e. The molecule has 0 heterocycles. The van der Waals surface area contributed by atoms with Crippen molar-refractivity contribution in [2.45, 2.75) is 6.42 Å². The standard InChI is InChI=1S/C13H16N2O4/c1-15(2)13(18)9-6-4-5-7-10(9)14-11(16)8-12(17)19-3/h4-7H,8H2,1-3H3,(H,14,16). The molecule has 0 aliphatic heterocycles. The number of carbonyl (C=O) groups excluding carboxylic acids is 3. The molecule has 0 fully saturated rings. The number of rotatable bonds is 4. The Kier molecular flexibility index (Phi) is 5.05. The lowest BCUT2D eigenvalue weighted by Crippen LogP contribution is -2.24. The van der Waals surface area contributed by atoms with Gasteiger partial charge in [-0.25, -0.2) is 0 Å². The van der Waals surface area contributed by atoms with Gasteiger partial charge in [0.25, 0.3) is 5.91 Å². The van der Waals surface area contributed by atoms with Crippen LogP contribution in [0.1, 0.15) is 16.8 Å². The average molecular weight is 264 g/mol. The molecule has 0 spiro atoms. The van der Waals surface area contributed by atoms with Gasteiger partial charge in [-0.1, -0.05) is 12.1 Å². The molecule has 0 aliphatic rings. The van der Waals surface area contributed by atoms with E-state index >= 15 is 0 Å². The summed E-state index contributed by atoms with van der Waals surface area (Å²) in [6.07, 6.45) is -0.388. The summed E-state index contributed by atoms with van der Waals surface area (Å²) < 4.78 is 4.40. The summed E-state index contributed by atoms with van der Waals surface area (Å²) in [6, 6.07) is 6.61. The van der Waals surface area contributed by atoms with Crippen molar-refractivity contribution in [3.63, 3.8) is 0 Å². The van der Waals surface area contributed by atoms with Crippen LogP contribution < -0.4 is 5.32 Å². The second-order valence-electron chi connectivity index (χ2n) is 4.05. The molecular weight excluding hydrogens is 248 g/mol. The molecule has 1 N–H and O–H groups in total. The molecule has 0 saturated heterocycles. The maximum atomic E-state index is 11.9. The summed E-state index contributed by atoms with van der Waals surface area (Å²) in [4.78, 5) is 35.9. The van der Waals surface area contributed by atoms with E-state index < -0.39 is 11.9 Å². The monoisotopic (exact) mass is 264 g/mol. The highest BCUT2D eigenvalue weighted by molar-refractivity contribution is 6.06. The van der Waals surface area contributed by atoms with Gasteiger partial charge >= 0.3 is 5.97 Å². The Balaban J connectivity index is 2.87. The van der Waals surface area contributed by atoms with Gasteiger partial charge in [-0.2, -0.15) is 0 Å². The fraction of sp³-hybridized carbons (Fsp3) is 0.308. The number of methoxy groups -OCH3 is 1. The van der Waals surface area contributed by atoms with E-state index in [0.717, 1.165) is 0 Å². The Hall–Kier alpha value is -2.37. The Bertz CT molecular complexity index is 497. The SMILES string of the molecule is COC(=O)CC(=O)Nc1ccccc1C(=O)N(C)C. The van der Waals surface area contributed by atoms with Gasteiger partial charge < -0.3 is 15.0 Å². The second-order valence-corrected chi connectivity index (χ2v) is 4.05. The van der Waals surface area contributed by atoms with E-state index in [9.17, 15) is 14.4 Å². The molecule has 19 heavy (non-hydrogen) atoms. The van der Waals surface area contributed by atoms with E-state index in [0.29, 0.717) is 11.3 Å². The molecule has 0 aliphatic carbocycles. The van der Waals surface area contributed by atoms with Gasteiger partial charge in [0, 0.05) is 14.1 Å². The number of amides is 2. The lowest BCUT2D eigenvalue weighted by atomic mass is 10.1. The van der Waals surface area contributed by atoms with Gasteiger partial charge in [-0.15, -0.1) is 0 Å². The topological polar surface area (TPSA) is 75.7 Å². The molecule has 2 amide bonds. The molecule has 6 heteroatoms. The number of benzene rings is 1. The molecule has 1 aromatic rings. The van der Waals surface area contributed by atoms with Crippen LogP contribution in [0.25, 0.3) is 0 Å². The number of anilines is 1. The highest BCUT2D eigenvalue weighted by Gasteiger charge is 2.16. The van der Waals surface area contributed by atoms with E-state index in [2.05, 4.69) is 10.1 Å². The summed E-state index contributed by atoms with van der Waals surface area (Å²) in [5, 5.41) is 2.52. The number of nitrogens with one attached hydrogen (secondary N) is 1. The van der Waals surface area contributed by atoms with Gasteiger partial charge in [-0.05, 0) is 12.1 Å². The van der Waals surface area contributed by atoms with Crippen LogP contribution in [-0.2, 0) is 14.3 Å². The number of carbonyl (C=O) groups is 3. The van der Waals surface area contributed by atoms with Crippen molar-refractivity contribution in [1.29, 1.82) is 0 Å². The number of ether oxygens (including phenoxy) is 1. The molecule has 0 bridgehead atoms. The van der Waals surface area contributed by atoms with Gasteiger partial charge in [0.05, 0.1) is 18.4 Å². The van der Waals surface area contributed by atoms with Crippen LogP contribution in [0.5, 0.6) is 0 Å². The van der Waals surface area contributed by atoms with Crippen molar-refractivity contribution in [1.82, 2.24) is 4.90 Å². The minimum Gasteiger partial charge on any atom is -0.469 e. The van der Waals surface area contributed by atoms with Crippen LogP contribution in [-0.4, -0.2) is 43.9 Å². The average Bonchev–Trinajstić information content (AvgIpc) is 2.38. The molecule has 102 valence electrons. The molecule has 0 atom stereocenters. The summed E-state index contributed by atoms with van der Waals surface area (Å²) in [7, 11) is 4.45. The van der Waals surface area contributed by atoms with Crippen LogP contribution in [0, 0.1) is 0 Å². The first-order chi connectivity index (χ1) is 8.95. The van der Waals surface area contributed by atoms with E-state index in [1.165, 1.54) is 12.0 Å². The summed E-state index contributed by atoms with van der Waals surface area (Å²) >= 11 is 0. The molecule has 0 radical (unpaired) electrons. The molecule has 1 rings (SSSR count). The zero-order valence-electron chi connectivity index (χ0n) is 11.1. The summed E-state index contributed by atoms with van der Waals surface area (Å²) in [6.45, 7) is 0. The highest BCUT2D eigenvalue weighted by atomic mass is 16.5. The Morgan fingerprint density at radius 3 is 2.42 bits per heavy atom. The van der Waals surface area contributed by atoms with Gasteiger partial charge in [-0.3, -0.25) is 14.4 Å². The highest BCUT2D eigenvalue weighted by Crippen LogP contribution is 2.16. The summed E-state index contributed by atoms with van der Waals surface area (Å²) in [5.74, 6) is -1.38. The van der Waals surface area contributed by atoms with Crippen molar-refractivity contribution >= 4 is 23.5 Å². The number of hydrogen-bond acceptors (Lipinski definition) is 4. The van der Waals surface area contributed by atoms with Crippen molar-refractivity contribution in [2.75, 3.05) is 26.5 Å². The van der Waals surface area contributed by atoms with E-state index in [1.807, 2.05) is 0 Å². The quantitative estimate of drug-likeness (QED) is 0.647. The number of hydrogen-bond donors (Lipinski definition) is 1. The third-order valence-corrected chi connectivity index (χ3v) is 2.37. The Morgan fingerprint density at radius 2 is 1.84 bits per heavy atom. The predicted molar refractivity (Wildman–Crippen MR) is 69.7 cm³/mol. The summed E-state index contributed by atoms with van der Waals surface area (Å²) in [5.41, 5.74) is 0.737. The third-order valence-electron chi connectivity index (χ3n) is 2.37. The first kappa shape index (κ1) is 14.7. The third kappa shape index (κ3) is 4.09. The number of esters is 1. The lowest BCUT2D eigenvalue weighted by Gasteiger charge is -2.14. The Morgan fingerprint density at radius 1 is 1.21 bits per heavy atom. The minimum atomic E-state index is -0.631. The molecule has 6 nitrogen and oxygen atoms in total. The largest absolute Gasteiger partial charge is 0.469 e. The zero-order chi connectivity index (χ0) is 14.4. The second kappa shape index (κ2) is 6.53. The van der Waals surface area contributed by atoms with Crippen molar-refractivity contribution in [3.8, 4) is 0 Å². The molecule has 0 unspecified atom stereocenters. The smallest absolute Gasteiger partial charge is 0.315 e. The molecule has 1 aromatic carbocycles. The zero-order valence-corrected chi connectivity index (χ0v) is 11.1. The van der Waals surface area contributed by atoms with Gasteiger partial charge in [0.15, 0.2) is 0 Å². The predicted octanol–water partition coefficient (Wildman–Crippen LogP) is 0.890. The molecular formula is C13H16N2O4. The van der Waals surface area contributed by atoms with Crippen LogP contribution in [0.15, 0.2) is 24.3 Å². The Labute approximate surface area is 111 Å². The molecule has 0 saturated carbocycles. The van der Waals surface area contributed by atoms with Crippen molar-refractivity contribution in [2.24, 2.45) is 0 Å². The first-order valence-electron chi connectivity index (χ1n) is 5.63. The molecule has 0 aromatic heterocycles. The maximum absolute atomic E-state index is 11.9. The van der Waals surface area contributed by atoms with Gasteiger partial charge in [0.1, 0.15) is 6.42 Å². The van der Waals surface area contributed by atoms with Crippen molar-refractivity contribution < 1.29 is 19.1 Å². The van der Waals surface area contributed by atoms with E-state index in [1.54, 1.807) is 38.4 Å². The van der Waals surface area contributed by atoms with Gasteiger partial charge in [0.2, 0.25) is 5.91 Å². The van der Waals surface area contributed by atoms with Crippen LogP contribution in [0.4, 0.5) is 5.69 Å². The first-order valence-corrected chi connectivity index (χ1v) is 5.63. The number of para-hydroxylation sites is 1. The van der Waals surface area contributed by atoms with Crippen LogP contribution in [0.3, 0.4) is 0 Å². The number of nitrogens with zero attached hydrogens (tertiary/aromatic N) is 1. The minimum absolute atomic E-state index is 0.228. The van der Waals surface area contributed by atoms with Crippen LogP contribution in [0.2, 0.25) is 0 Å². The van der Waals surface area contributed by atoms with Crippen LogP contribution >= 0.6 is 0 Å². The lowest BCUT2D eigenvalue weighted by molar-refractivity contribution is -0.142. The fourth-order valence-electron chi connectivity index (χ4n) is 1.42. The normalized spacial score (nSPS) is 9.63. The fourth-order valence-corrected chi connectivity index (χ4v) is 1.42.